The van der Waals surface area contributed by atoms with Gasteiger partial charge in [-0.2, -0.15) is 0 Å². The summed E-state index contributed by atoms with van der Waals surface area (Å²) >= 11 is 0. The number of carbonyl (C=O) groups is 1. The Morgan fingerprint density at radius 2 is 1.48 bits per heavy atom. The molecule has 0 spiro atoms. The maximum absolute atomic E-state index is 12.0. The van der Waals surface area contributed by atoms with Crippen molar-refractivity contribution in [2.45, 2.75) is 102 Å². The lowest BCUT2D eigenvalue weighted by molar-refractivity contribution is -0.122. The Balaban J connectivity index is 2.27. The Bertz CT molecular complexity index is 256. The minimum Gasteiger partial charge on any atom is -0.353 e. The van der Waals surface area contributed by atoms with Gasteiger partial charge in [0.2, 0.25) is 5.91 Å². The van der Waals surface area contributed by atoms with Crippen LogP contribution in [-0.4, -0.2) is 18.5 Å². The topological polar surface area (TPSA) is 55.1 Å². The van der Waals surface area contributed by atoms with Gasteiger partial charge in [-0.15, -0.1) is 0 Å². The highest BCUT2D eigenvalue weighted by molar-refractivity contribution is 5.76. The highest BCUT2D eigenvalue weighted by Gasteiger charge is 2.12. The van der Waals surface area contributed by atoms with Crippen LogP contribution in [0.2, 0.25) is 0 Å². The lowest BCUT2D eigenvalue weighted by Crippen LogP contribution is -2.34. The smallest absolute Gasteiger partial charge is 0.220 e. The number of amides is 1. The summed E-state index contributed by atoms with van der Waals surface area (Å²) in [4.78, 5) is 12.0. The van der Waals surface area contributed by atoms with Crippen LogP contribution in [0.25, 0.3) is 0 Å². The van der Waals surface area contributed by atoms with Crippen molar-refractivity contribution in [3.8, 4) is 0 Å². The van der Waals surface area contributed by atoms with E-state index in [0.717, 1.165) is 32.2 Å². The lowest BCUT2D eigenvalue weighted by Gasteiger charge is -2.19. The molecule has 1 heterocycles. The number of nitrogens with one attached hydrogen (secondary N) is 1. The molecule has 0 aromatic heterocycles. The average Bonchev–Trinajstić information content (AvgIpc) is 2.49. The molecule has 1 rings (SSSR count). The quantitative estimate of drug-likeness (QED) is 0.718. The van der Waals surface area contributed by atoms with Crippen molar-refractivity contribution in [2.24, 2.45) is 5.73 Å². The van der Waals surface area contributed by atoms with E-state index < -0.39 is 0 Å². The summed E-state index contributed by atoms with van der Waals surface area (Å²) < 4.78 is 0. The molecule has 0 radical (unpaired) electrons. The normalized spacial score (nSPS) is 22.7. The Hall–Kier alpha value is -0.570. The fraction of sp³-hybridized carbons (Fsp3) is 0.944. The number of carbonyl (C=O) groups excluding carboxylic acids is 1. The zero-order valence-corrected chi connectivity index (χ0v) is 13.9. The van der Waals surface area contributed by atoms with Crippen LogP contribution in [0.1, 0.15) is 96.3 Å². The summed E-state index contributed by atoms with van der Waals surface area (Å²) in [6.07, 6.45) is 18.2. The van der Waals surface area contributed by atoms with Crippen LogP contribution in [0, 0.1) is 0 Å². The summed E-state index contributed by atoms with van der Waals surface area (Å²) in [6.45, 7) is 0.806. The predicted octanol–water partition coefficient (Wildman–Crippen LogP) is 4.30. The molecule has 0 bridgehead atoms. The van der Waals surface area contributed by atoms with Crippen LogP contribution in [0.5, 0.6) is 0 Å². The predicted molar refractivity (Wildman–Crippen MR) is 90.2 cm³/mol. The summed E-state index contributed by atoms with van der Waals surface area (Å²) in [5.74, 6) is 0.279. The first-order valence-electron chi connectivity index (χ1n) is 9.32. The molecule has 1 unspecified atom stereocenters. The largest absolute Gasteiger partial charge is 0.353 e. The maximum atomic E-state index is 12.0. The lowest BCUT2D eigenvalue weighted by atomic mass is 10.0. The number of hydrogen-bond donors (Lipinski definition) is 2. The second-order valence-electron chi connectivity index (χ2n) is 6.62. The third-order valence-corrected chi connectivity index (χ3v) is 4.58. The fourth-order valence-electron chi connectivity index (χ4n) is 3.21. The van der Waals surface area contributed by atoms with E-state index >= 15 is 0 Å². The van der Waals surface area contributed by atoms with E-state index in [1.165, 1.54) is 70.6 Å². The molecule has 0 aromatic rings. The molecule has 0 aliphatic carbocycles. The van der Waals surface area contributed by atoms with Gasteiger partial charge in [0, 0.05) is 12.5 Å². The molecule has 0 aromatic carbocycles. The van der Waals surface area contributed by atoms with Crippen molar-refractivity contribution in [1.82, 2.24) is 5.32 Å². The summed E-state index contributed by atoms with van der Waals surface area (Å²) in [5, 5.41) is 3.28. The van der Waals surface area contributed by atoms with Gasteiger partial charge in [0.15, 0.2) is 0 Å². The van der Waals surface area contributed by atoms with Crippen LogP contribution in [-0.2, 0) is 4.79 Å². The first-order valence-corrected chi connectivity index (χ1v) is 9.32. The van der Waals surface area contributed by atoms with E-state index in [1.807, 2.05) is 0 Å². The average molecular weight is 296 g/mol. The van der Waals surface area contributed by atoms with Gasteiger partial charge in [-0.05, 0) is 32.2 Å². The molecule has 21 heavy (non-hydrogen) atoms. The van der Waals surface area contributed by atoms with Gasteiger partial charge in [0.05, 0.1) is 0 Å². The van der Waals surface area contributed by atoms with Crippen molar-refractivity contribution < 1.29 is 4.79 Å². The van der Waals surface area contributed by atoms with Gasteiger partial charge in [0.25, 0.3) is 0 Å². The zero-order valence-electron chi connectivity index (χ0n) is 13.9. The Morgan fingerprint density at radius 1 is 0.857 bits per heavy atom. The molecule has 1 saturated heterocycles. The highest BCUT2D eigenvalue weighted by atomic mass is 16.1. The molecular formula is C18H36N2O. The van der Waals surface area contributed by atoms with Crippen molar-refractivity contribution in [2.75, 3.05) is 6.54 Å². The first-order chi connectivity index (χ1) is 10.3. The van der Waals surface area contributed by atoms with Gasteiger partial charge < -0.3 is 11.1 Å². The maximum Gasteiger partial charge on any atom is 0.220 e. The molecule has 1 aliphatic rings. The minimum absolute atomic E-state index is 0.279. The number of hydrogen-bond acceptors (Lipinski definition) is 2. The van der Waals surface area contributed by atoms with Crippen LogP contribution < -0.4 is 11.1 Å². The molecule has 1 amide bonds. The molecule has 1 aliphatic heterocycles. The standard InChI is InChI=1S/C18H36N2O/c19-16-12-8-7-10-14-17-13-9-5-3-1-2-4-6-11-15-18(21)20-17/h17H,1-16,19H2,(H,20,21). The van der Waals surface area contributed by atoms with Gasteiger partial charge in [0.1, 0.15) is 0 Å². The van der Waals surface area contributed by atoms with Crippen LogP contribution >= 0.6 is 0 Å². The summed E-state index contributed by atoms with van der Waals surface area (Å²) in [7, 11) is 0. The van der Waals surface area contributed by atoms with E-state index in [9.17, 15) is 4.79 Å². The van der Waals surface area contributed by atoms with Gasteiger partial charge >= 0.3 is 0 Å². The van der Waals surface area contributed by atoms with Crippen molar-refractivity contribution in [3.05, 3.63) is 0 Å². The Kier molecular flexibility index (Phi) is 11.5. The molecule has 3 heteroatoms. The van der Waals surface area contributed by atoms with Crippen LogP contribution in [0.4, 0.5) is 0 Å². The first kappa shape index (κ1) is 18.5. The van der Waals surface area contributed by atoms with Crippen LogP contribution in [0.15, 0.2) is 0 Å². The third-order valence-electron chi connectivity index (χ3n) is 4.58. The number of nitrogens with two attached hydrogens (primary N) is 1. The molecular weight excluding hydrogens is 260 g/mol. The van der Waals surface area contributed by atoms with E-state index in [1.54, 1.807) is 0 Å². The van der Waals surface area contributed by atoms with Gasteiger partial charge in [-0.25, -0.2) is 0 Å². The molecule has 3 N–H and O–H groups in total. The second-order valence-corrected chi connectivity index (χ2v) is 6.62. The molecule has 0 saturated carbocycles. The van der Waals surface area contributed by atoms with E-state index in [4.69, 9.17) is 5.73 Å². The zero-order chi connectivity index (χ0) is 15.2. The Morgan fingerprint density at radius 3 is 2.19 bits per heavy atom. The Labute approximate surface area is 131 Å². The number of unbranched alkanes of at least 4 members (excludes halogenated alkanes) is 3. The molecule has 1 atom stereocenters. The SMILES string of the molecule is NCCCCCCC1CCCCCCCCCCC(=O)N1. The highest BCUT2D eigenvalue weighted by Crippen LogP contribution is 2.16. The van der Waals surface area contributed by atoms with E-state index in [0.29, 0.717) is 6.04 Å². The van der Waals surface area contributed by atoms with Crippen molar-refractivity contribution in [3.63, 3.8) is 0 Å². The van der Waals surface area contributed by atoms with Gasteiger partial charge in [-0.1, -0.05) is 64.2 Å². The van der Waals surface area contributed by atoms with Crippen molar-refractivity contribution >= 4 is 5.91 Å². The second kappa shape index (κ2) is 13.1. The monoisotopic (exact) mass is 296 g/mol. The van der Waals surface area contributed by atoms with E-state index in [2.05, 4.69) is 5.32 Å². The summed E-state index contributed by atoms with van der Waals surface area (Å²) in [6, 6.07) is 0.413. The van der Waals surface area contributed by atoms with E-state index in [-0.39, 0.29) is 5.91 Å². The summed E-state index contributed by atoms with van der Waals surface area (Å²) in [5.41, 5.74) is 5.53. The van der Waals surface area contributed by atoms with Crippen molar-refractivity contribution in [1.29, 1.82) is 0 Å². The molecule has 124 valence electrons. The van der Waals surface area contributed by atoms with Gasteiger partial charge in [-0.3, -0.25) is 4.79 Å². The molecule has 3 nitrogen and oxygen atoms in total. The third kappa shape index (κ3) is 10.8. The molecule has 1 fully saturated rings. The fourth-order valence-corrected chi connectivity index (χ4v) is 3.21. The van der Waals surface area contributed by atoms with Crippen LogP contribution in [0.3, 0.4) is 0 Å². The number of rotatable bonds is 6. The minimum atomic E-state index is 0.279.